The molecule has 2 heterocycles. The van der Waals surface area contributed by atoms with Gasteiger partial charge < -0.3 is 19.7 Å². The van der Waals surface area contributed by atoms with Crippen molar-refractivity contribution in [2.75, 3.05) is 17.3 Å². The lowest BCUT2D eigenvalue weighted by molar-refractivity contribution is -0.143. The summed E-state index contributed by atoms with van der Waals surface area (Å²) in [6, 6.07) is 9.90. The number of hydrogen-bond acceptors (Lipinski definition) is 5. The third kappa shape index (κ3) is 4.19. The number of nitrogens with one attached hydrogen (secondary N) is 1. The number of methoxy groups -OCH3 is 1. The number of aliphatic carboxylic acids is 1. The van der Waals surface area contributed by atoms with Gasteiger partial charge in [-0.25, -0.2) is 14.2 Å². The smallest absolute Gasteiger partial charge is 0.414 e. The van der Waals surface area contributed by atoms with Crippen LogP contribution in [0.5, 0.6) is 0 Å². The molecule has 1 saturated carbocycles. The van der Waals surface area contributed by atoms with Crippen LogP contribution in [0, 0.1) is 11.7 Å². The zero-order valence-electron chi connectivity index (χ0n) is 19.8. The predicted octanol–water partition coefficient (Wildman–Crippen LogP) is 5.64. The predicted molar refractivity (Wildman–Crippen MR) is 131 cm³/mol. The van der Waals surface area contributed by atoms with Crippen LogP contribution in [0.4, 0.5) is 26.5 Å². The number of imidazole rings is 1. The molecule has 1 amide bonds. The maximum absolute atomic E-state index is 13.5. The topological polar surface area (TPSA) is 96.7 Å². The first-order valence-corrected chi connectivity index (χ1v) is 12.0. The quantitative estimate of drug-likeness (QED) is 0.501. The molecule has 35 heavy (non-hydrogen) atoms. The number of fused-ring (bicyclic) bond motifs is 3. The number of anilines is 3. The molecule has 5 rings (SSSR count). The minimum atomic E-state index is -0.771. The van der Waals surface area contributed by atoms with Gasteiger partial charge in [0, 0.05) is 23.3 Å². The van der Waals surface area contributed by atoms with Crippen molar-refractivity contribution >= 4 is 40.4 Å². The molecule has 184 valence electrons. The van der Waals surface area contributed by atoms with E-state index >= 15 is 0 Å². The van der Waals surface area contributed by atoms with Gasteiger partial charge in [0.05, 0.1) is 29.7 Å². The fourth-order valence-electron chi connectivity index (χ4n) is 5.52. The molecule has 2 N–H and O–H groups in total. The summed E-state index contributed by atoms with van der Waals surface area (Å²) in [5.41, 5.74) is 4.12. The number of hydrogen-bond donors (Lipinski definition) is 2. The molecule has 0 saturated heterocycles. The van der Waals surface area contributed by atoms with Crippen molar-refractivity contribution in [3.05, 3.63) is 47.8 Å². The molecule has 8 nitrogen and oxygen atoms in total. The van der Waals surface area contributed by atoms with Crippen molar-refractivity contribution in [1.29, 1.82) is 0 Å². The van der Waals surface area contributed by atoms with E-state index < -0.39 is 18.0 Å². The Morgan fingerprint density at radius 3 is 2.63 bits per heavy atom. The maximum atomic E-state index is 13.5. The van der Waals surface area contributed by atoms with Gasteiger partial charge in [-0.05, 0) is 75.4 Å². The Kier molecular flexibility index (Phi) is 6.08. The monoisotopic (exact) mass is 480 g/mol. The van der Waals surface area contributed by atoms with Crippen molar-refractivity contribution in [2.24, 2.45) is 5.92 Å². The van der Waals surface area contributed by atoms with E-state index in [9.17, 15) is 19.1 Å². The molecule has 3 atom stereocenters. The first-order chi connectivity index (χ1) is 16.9. The molecule has 0 spiro atoms. The molecule has 9 heteroatoms. The lowest BCUT2D eigenvalue weighted by atomic mass is 9.85. The van der Waals surface area contributed by atoms with Gasteiger partial charge in [-0.2, -0.15) is 0 Å². The minimum absolute atomic E-state index is 0.000894. The third-order valence-electron chi connectivity index (χ3n) is 7.29. The second-order valence-corrected chi connectivity index (χ2v) is 9.45. The lowest BCUT2D eigenvalue weighted by Gasteiger charge is -2.34. The molecule has 0 unspecified atom stereocenters. The van der Waals surface area contributed by atoms with Crippen LogP contribution in [0.1, 0.15) is 50.6 Å². The van der Waals surface area contributed by atoms with E-state index in [1.807, 2.05) is 19.1 Å². The fraction of sp³-hybridized carbons (Fsp3) is 0.423. The summed E-state index contributed by atoms with van der Waals surface area (Å²) in [4.78, 5) is 30.9. The molecule has 1 aliphatic heterocycles. The van der Waals surface area contributed by atoms with Gasteiger partial charge in [-0.3, -0.25) is 9.69 Å². The van der Waals surface area contributed by atoms with E-state index in [-0.39, 0.29) is 17.9 Å². The molecule has 2 aromatic carbocycles. The summed E-state index contributed by atoms with van der Waals surface area (Å²) < 4.78 is 20.6. The van der Waals surface area contributed by atoms with Crippen LogP contribution in [0.2, 0.25) is 0 Å². The van der Waals surface area contributed by atoms with Gasteiger partial charge in [0.25, 0.3) is 0 Å². The number of rotatable bonds is 4. The number of halogens is 1. The summed E-state index contributed by atoms with van der Waals surface area (Å²) in [5.74, 6) is -0.920. The van der Waals surface area contributed by atoms with Crippen LogP contribution < -0.4 is 10.2 Å². The van der Waals surface area contributed by atoms with E-state index in [1.165, 1.54) is 19.2 Å². The van der Waals surface area contributed by atoms with Gasteiger partial charge in [0.15, 0.2) is 0 Å². The molecule has 2 aliphatic rings. The first kappa shape index (κ1) is 23.1. The highest BCUT2D eigenvalue weighted by molar-refractivity contribution is 5.96. The zero-order valence-corrected chi connectivity index (χ0v) is 19.8. The third-order valence-corrected chi connectivity index (χ3v) is 7.29. The number of aromatic nitrogens is 2. The number of benzene rings is 2. The Labute approximate surface area is 202 Å². The Morgan fingerprint density at radius 1 is 1.14 bits per heavy atom. The van der Waals surface area contributed by atoms with Gasteiger partial charge in [0.2, 0.25) is 5.95 Å². The average Bonchev–Trinajstić information content (AvgIpc) is 3.23. The normalized spacial score (nSPS) is 22.0. The molecular formula is C26H29FN4O4. The second kappa shape index (κ2) is 9.20. The van der Waals surface area contributed by atoms with Gasteiger partial charge in [0.1, 0.15) is 5.82 Å². The molecule has 1 aliphatic carbocycles. The number of amides is 1. The fourth-order valence-corrected chi connectivity index (χ4v) is 5.52. The lowest BCUT2D eigenvalue weighted by Crippen LogP contribution is -2.42. The van der Waals surface area contributed by atoms with Crippen LogP contribution in [0.3, 0.4) is 0 Å². The van der Waals surface area contributed by atoms with Crippen molar-refractivity contribution in [3.63, 3.8) is 0 Å². The van der Waals surface area contributed by atoms with Crippen LogP contribution in [0.15, 0.2) is 36.4 Å². The summed E-state index contributed by atoms with van der Waals surface area (Å²) in [5, 5.41) is 13.0. The summed E-state index contributed by atoms with van der Waals surface area (Å²) >= 11 is 0. The second-order valence-electron chi connectivity index (χ2n) is 9.45. The van der Waals surface area contributed by atoms with E-state index in [1.54, 1.807) is 17.0 Å². The Bertz CT molecular complexity index is 1270. The van der Waals surface area contributed by atoms with Gasteiger partial charge >= 0.3 is 12.1 Å². The Balaban J connectivity index is 1.65. The highest BCUT2D eigenvalue weighted by Crippen LogP contribution is 2.42. The SMILES string of the molecule is COC(=O)N1c2ccc3c(nc(Nc4ccc(F)cc4)n3[C@@H]3CCC[C@@H](C(=O)O)C3)c2CC[C@@H]1C. The molecule has 0 radical (unpaired) electrons. The van der Waals surface area contributed by atoms with E-state index in [0.717, 1.165) is 48.0 Å². The number of carbonyl (C=O) groups is 2. The van der Waals surface area contributed by atoms with E-state index in [4.69, 9.17) is 9.72 Å². The van der Waals surface area contributed by atoms with E-state index in [2.05, 4.69) is 9.88 Å². The van der Waals surface area contributed by atoms with Gasteiger partial charge in [-0.1, -0.05) is 6.42 Å². The standard InChI is InChI=1S/C26H29FN4O4/c1-15-6-11-20-21(30(15)26(34)35-2)12-13-22-23(20)29-25(28-18-9-7-17(27)8-10-18)31(22)19-5-3-4-16(14-19)24(32)33/h7-10,12-13,15-16,19H,3-6,11,14H2,1-2H3,(H,28,29)(H,32,33)/t15-,16+,19+/m0/s1. The minimum Gasteiger partial charge on any atom is -0.481 e. The molecule has 1 fully saturated rings. The Morgan fingerprint density at radius 2 is 1.91 bits per heavy atom. The van der Waals surface area contributed by atoms with Crippen LogP contribution in [0.25, 0.3) is 11.0 Å². The molecule has 1 aromatic heterocycles. The first-order valence-electron chi connectivity index (χ1n) is 12.0. The number of carbonyl (C=O) groups excluding carboxylic acids is 1. The van der Waals surface area contributed by atoms with Gasteiger partial charge in [-0.15, -0.1) is 0 Å². The van der Waals surface area contributed by atoms with Crippen molar-refractivity contribution < 1.29 is 23.8 Å². The van der Waals surface area contributed by atoms with Crippen LogP contribution >= 0.6 is 0 Å². The highest BCUT2D eigenvalue weighted by Gasteiger charge is 2.34. The van der Waals surface area contributed by atoms with Crippen LogP contribution in [-0.4, -0.2) is 39.9 Å². The number of carboxylic acids is 1. The molecular weight excluding hydrogens is 451 g/mol. The van der Waals surface area contributed by atoms with Crippen molar-refractivity contribution in [1.82, 2.24) is 9.55 Å². The van der Waals surface area contributed by atoms with Crippen LogP contribution in [-0.2, 0) is 16.0 Å². The molecule has 3 aromatic rings. The van der Waals surface area contributed by atoms with E-state index in [0.29, 0.717) is 24.5 Å². The number of aryl methyl sites for hydroxylation is 1. The maximum Gasteiger partial charge on any atom is 0.414 e. The summed E-state index contributed by atoms with van der Waals surface area (Å²) in [6.07, 6.45) is 3.97. The largest absolute Gasteiger partial charge is 0.481 e. The summed E-state index contributed by atoms with van der Waals surface area (Å²) in [7, 11) is 1.38. The number of carboxylic acid groups (broad SMARTS) is 1. The average molecular weight is 481 g/mol. The number of nitrogens with zero attached hydrogens (tertiary/aromatic N) is 3. The highest BCUT2D eigenvalue weighted by atomic mass is 19.1. The summed E-state index contributed by atoms with van der Waals surface area (Å²) in [6.45, 7) is 2.00. The molecule has 0 bridgehead atoms. The zero-order chi connectivity index (χ0) is 24.7. The van der Waals surface area contributed by atoms with Crippen molar-refractivity contribution in [3.8, 4) is 0 Å². The van der Waals surface area contributed by atoms with Crippen molar-refractivity contribution in [2.45, 2.75) is 57.5 Å². The number of ether oxygens (including phenoxy) is 1. The Hall–Kier alpha value is -3.62.